The maximum absolute atomic E-state index is 5.95. The lowest BCUT2D eigenvalue weighted by Gasteiger charge is -2.19. The number of benzene rings is 4. The van der Waals surface area contributed by atoms with E-state index in [0.717, 1.165) is 63.6 Å². The molecule has 0 atom stereocenters. The Kier molecular flexibility index (Phi) is 11.0. The summed E-state index contributed by atoms with van der Waals surface area (Å²) < 4.78 is 15.7. The molecule has 204 valence electrons. The van der Waals surface area contributed by atoms with Gasteiger partial charge in [-0.05, 0) is 83.9 Å². The van der Waals surface area contributed by atoms with Crippen molar-refractivity contribution in [3.63, 3.8) is 0 Å². The molecule has 0 N–H and O–H groups in total. The van der Waals surface area contributed by atoms with E-state index in [1.54, 1.807) is 0 Å². The van der Waals surface area contributed by atoms with E-state index in [1.165, 1.54) is 0 Å². The summed E-state index contributed by atoms with van der Waals surface area (Å²) >= 11 is 6.84. The second-order valence-corrected chi connectivity index (χ2v) is 11.7. The molecule has 6 heteroatoms. The molecule has 4 rings (SSSR count). The first-order valence-corrected chi connectivity index (χ1v) is 14.4. The van der Waals surface area contributed by atoms with Crippen molar-refractivity contribution in [3.05, 3.63) is 131 Å². The first-order chi connectivity index (χ1) is 19.4. The average Bonchev–Trinajstić information content (AvgIpc) is 2.97. The molecule has 0 fully saturated rings. The Morgan fingerprint density at radius 2 is 0.975 bits per heavy atom. The van der Waals surface area contributed by atoms with Gasteiger partial charge >= 0.3 is 0 Å². The van der Waals surface area contributed by atoms with Crippen LogP contribution in [0.15, 0.2) is 103 Å². The molecule has 4 aromatic rings. The summed E-state index contributed by atoms with van der Waals surface area (Å²) in [6.45, 7) is 2.73. The molecule has 0 heterocycles. The van der Waals surface area contributed by atoms with Gasteiger partial charge in [0.2, 0.25) is 0 Å². The highest BCUT2D eigenvalue weighted by molar-refractivity contribution is 9.07. The molecule has 0 aromatic heterocycles. The molecule has 0 spiro atoms. The summed E-state index contributed by atoms with van der Waals surface area (Å²) in [6.07, 6.45) is 5.66. The summed E-state index contributed by atoms with van der Waals surface area (Å²) in [6, 6.07) is 35.3. The lowest BCUT2D eigenvalue weighted by molar-refractivity contribution is 0.296. The van der Waals surface area contributed by atoms with Crippen LogP contribution in [-0.4, -0.2) is 48.3 Å². The fraction of sp³-hybridized carbons (Fsp3) is 0.176. The quantitative estimate of drug-likeness (QED) is 0.0877. The summed E-state index contributed by atoms with van der Waals surface area (Å²) in [5, 5.41) is 0. The molecule has 0 aliphatic heterocycles. The van der Waals surface area contributed by atoms with Crippen molar-refractivity contribution in [3.8, 4) is 23.8 Å². The van der Waals surface area contributed by atoms with Crippen LogP contribution in [0.5, 0.6) is 11.5 Å². The first-order valence-electron chi connectivity index (χ1n) is 13.0. The molecule has 0 amide bonds. The smallest absolute Gasteiger partial charge is 0.119 e. The van der Waals surface area contributed by atoms with E-state index in [1.807, 2.05) is 64.4 Å². The SMILES string of the molecule is C#Cc1ccc(C(=C(c2ccc(OCCN(C)Br)cc2)c2ccc(OCCN(C)Br)cc2)c2ccccc2)cc1. The monoisotopic (exact) mass is 658 g/mol. The molecule has 0 saturated heterocycles. The van der Waals surface area contributed by atoms with Gasteiger partial charge in [-0.3, -0.25) is 0 Å². The second-order valence-electron chi connectivity index (χ2n) is 9.24. The van der Waals surface area contributed by atoms with Gasteiger partial charge in [0.15, 0.2) is 0 Å². The Balaban J connectivity index is 1.82. The number of hydrogen-bond acceptors (Lipinski definition) is 4. The Morgan fingerprint density at radius 3 is 1.35 bits per heavy atom. The third kappa shape index (κ3) is 8.33. The number of terminal acetylenes is 1. The van der Waals surface area contributed by atoms with Crippen molar-refractivity contribution in [1.29, 1.82) is 0 Å². The van der Waals surface area contributed by atoms with Crippen molar-refractivity contribution >= 4 is 43.4 Å². The highest BCUT2D eigenvalue weighted by Crippen LogP contribution is 2.38. The van der Waals surface area contributed by atoms with Gasteiger partial charge in [-0.15, -0.1) is 6.42 Å². The first kappa shape index (κ1) is 29.6. The van der Waals surface area contributed by atoms with E-state index in [2.05, 4.69) is 98.9 Å². The topological polar surface area (TPSA) is 24.9 Å². The zero-order valence-corrected chi connectivity index (χ0v) is 25.9. The molecule has 40 heavy (non-hydrogen) atoms. The van der Waals surface area contributed by atoms with Crippen molar-refractivity contribution in [1.82, 2.24) is 7.85 Å². The van der Waals surface area contributed by atoms with Gasteiger partial charge in [0.05, 0.1) is 0 Å². The number of nitrogens with zero attached hydrogens (tertiary/aromatic N) is 2. The van der Waals surface area contributed by atoms with E-state index < -0.39 is 0 Å². The Labute approximate surface area is 254 Å². The van der Waals surface area contributed by atoms with Crippen molar-refractivity contribution < 1.29 is 9.47 Å². The summed E-state index contributed by atoms with van der Waals surface area (Å²) in [5.41, 5.74) is 7.45. The minimum absolute atomic E-state index is 0.590. The van der Waals surface area contributed by atoms with E-state index in [4.69, 9.17) is 15.9 Å². The predicted octanol–water partition coefficient (Wildman–Crippen LogP) is 7.92. The molecule has 0 unspecified atom stereocenters. The second kappa shape index (κ2) is 14.9. The predicted molar refractivity (Wildman–Crippen MR) is 173 cm³/mol. The van der Waals surface area contributed by atoms with Crippen molar-refractivity contribution in [2.45, 2.75) is 0 Å². The highest BCUT2D eigenvalue weighted by Gasteiger charge is 2.17. The van der Waals surface area contributed by atoms with Gasteiger partial charge in [-0.2, -0.15) is 0 Å². The summed E-state index contributed by atoms with van der Waals surface area (Å²) in [5.74, 6) is 4.39. The van der Waals surface area contributed by atoms with Crippen molar-refractivity contribution in [2.24, 2.45) is 0 Å². The Hall–Kier alpha value is -3.34. The zero-order chi connectivity index (χ0) is 28.3. The van der Waals surface area contributed by atoms with Crippen LogP contribution in [0, 0.1) is 12.3 Å². The third-order valence-corrected chi connectivity index (χ3v) is 6.98. The normalized spacial score (nSPS) is 10.8. The molecule has 0 aliphatic carbocycles. The van der Waals surface area contributed by atoms with E-state index in [0.29, 0.717) is 13.2 Å². The number of likely N-dealkylation sites (N-methyl/N-ethyl adjacent to an activating group) is 2. The van der Waals surface area contributed by atoms with E-state index in [9.17, 15) is 0 Å². The van der Waals surface area contributed by atoms with E-state index in [-0.39, 0.29) is 0 Å². The molecule has 0 radical (unpaired) electrons. The third-order valence-electron chi connectivity index (χ3n) is 6.27. The molecule has 4 nitrogen and oxygen atoms in total. The van der Waals surface area contributed by atoms with Gasteiger partial charge < -0.3 is 9.47 Å². The molecular weight excluding hydrogens is 628 g/mol. The standard InChI is InChI=1S/C34H32Br2N2O2/c1-4-26-10-12-28(13-11-26)33(27-8-6-5-7-9-27)34(29-14-18-31(19-15-29)39-24-22-37(2)35)30-16-20-32(21-17-30)40-25-23-38(3)36/h1,5-21H,22-25H2,2-3H3. The zero-order valence-electron chi connectivity index (χ0n) is 22.7. The van der Waals surface area contributed by atoms with Crippen LogP contribution in [0.1, 0.15) is 27.8 Å². The summed E-state index contributed by atoms with van der Waals surface area (Å²) in [7, 11) is 3.92. The Morgan fingerprint density at radius 1 is 0.600 bits per heavy atom. The van der Waals surface area contributed by atoms with Crippen LogP contribution < -0.4 is 9.47 Å². The average molecular weight is 660 g/mol. The molecule has 4 aromatic carbocycles. The molecular formula is C34H32Br2N2O2. The Bertz CT molecular complexity index is 1370. The van der Waals surface area contributed by atoms with Crippen LogP contribution in [-0.2, 0) is 0 Å². The number of rotatable bonds is 12. The molecule has 0 bridgehead atoms. The van der Waals surface area contributed by atoms with Gasteiger partial charge in [-0.25, -0.2) is 7.85 Å². The van der Waals surface area contributed by atoms with Gasteiger partial charge in [0.1, 0.15) is 24.7 Å². The van der Waals surface area contributed by atoms with Gasteiger partial charge in [0.25, 0.3) is 0 Å². The lowest BCUT2D eigenvalue weighted by Crippen LogP contribution is -2.14. The van der Waals surface area contributed by atoms with Crippen LogP contribution in [0.25, 0.3) is 11.1 Å². The van der Waals surface area contributed by atoms with Gasteiger partial charge in [-0.1, -0.05) is 72.7 Å². The van der Waals surface area contributed by atoms with Crippen LogP contribution >= 0.6 is 32.3 Å². The van der Waals surface area contributed by atoms with Gasteiger partial charge in [0, 0.05) is 50.9 Å². The minimum Gasteiger partial charge on any atom is -0.492 e. The molecule has 0 aliphatic rings. The fourth-order valence-electron chi connectivity index (χ4n) is 4.26. The largest absolute Gasteiger partial charge is 0.492 e. The summed E-state index contributed by atoms with van der Waals surface area (Å²) in [4.78, 5) is 0. The lowest BCUT2D eigenvalue weighted by atomic mass is 9.85. The van der Waals surface area contributed by atoms with Crippen LogP contribution in [0.4, 0.5) is 0 Å². The van der Waals surface area contributed by atoms with E-state index >= 15 is 0 Å². The minimum atomic E-state index is 0.590. The maximum atomic E-state index is 5.95. The number of ether oxygens (including phenoxy) is 2. The van der Waals surface area contributed by atoms with Crippen molar-refractivity contribution in [2.75, 3.05) is 40.4 Å². The van der Waals surface area contributed by atoms with Crippen LogP contribution in [0.2, 0.25) is 0 Å². The maximum Gasteiger partial charge on any atom is 0.119 e. The number of hydrogen-bond donors (Lipinski definition) is 0. The highest BCUT2D eigenvalue weighted by atomic mass is 79.9. The number of halogens is 2. The van der Waals surface area contributed by atoms with Crippen LogP contribution in [0.3, 0.4) is 0 Å². The fourth-order valence-corrected chi connectivity index (χ4v) is 4.55. The molecule has 0 saturated carbocycles.